The summed E-state index contributed by atoms with van der Waals surface area (Å²) < 4.78 is 17.7. The number of esters is 1. The Morgan fingerprint density at radius 1 is 0.907 bits per heavy atom. The molecule has 0 bridgehead atoms. The predicted octanol–water partition coefficient (Wildman–Crippen LogP) is 2.11. The molecule has 0 aromatic rings. The first kappa shape index (κ1) is 41.7. The number of allylic oxidation sites excluding steroid dienone is 3. The Kier molecular flexibility index (Phi) is 11.2. The van der Waals surface area contributed by atoms with Gasteiger partial charge in [0.05, 0.1) is 43.0 Å². The van der Waals surface area contributed by atoms with Gasteiger partial charge in [-0.05, 0) is 98.7 Å². The molecule has 13 nitrogen and oxygen atoms in total. The molecule has 6 aliphatic rings. The minimum Gasteiger partial charge on any atom is -0.479 e. The number of aliphatic carboxylic acids is 1. The first-order valence-corrected chi connectivity index (χ1v) is 19.8. The topological polar surface area (TPSA) is 224 Å². The van der Waals surface area contributed by atoms with Gasteiger partial charge in [-0.25, -0.2) is 9.59 Å². The third-order valence-corrected chi connectivity index (χ3v) is 16.1. The highest BCUT2D eigenvalue weighted by Gasteiger charge is 2.70. The van der Waals surface area contributed by atoms with Gasteiger partial charge in [0, 0.05) is 11.0 Å². The second-order valence-corrected chi connectivity index (χ2v) is 19.1. The Morgan fingerprint density at radius 2 is 1.57 bits per heavy atom. The van der Waals surface area contributed by atoms with Crippen LogP contribution in [-0.4, -0.2) is 128 Å². The fourth-order valence-electron chi connectivity index (χ4n) is 12.7. The average Bonchev–Trinajstić information content (AvgIpc) is 3.12. The standard InChI is InChI=1S/C41H64O13/c1-8-20(2)36(51)53-19-41-23(16-37(3,4)33(47)34(41)48)21-9-10-25-38(5,22(21)15-27(41)43)13-11-26-39(25,6)14-12-28(40(26,7)18-42)52-17-24-29(44)30(45)31(46)32(54-24)35(49)50/h8-9,22-34,42-48H,10-19H2,1-7H3,(H,49,50). The fourth-order valence-corrected chi connectivity index (χ4v) is 12.7. The van der Waals surface area contributed by atoms with E-state index in [1.807, 2.05) is 20.8 Å². The molecule has 8 N–H and O–H groups in total. The van der Waals surface area contributed by atoms with Gasteiger partial charge >= 0.3 is 11.9 Å². The zero-order valence-corrected chi connectivity index (χ0v) is 32.9. The van der Waals surface area contributed by atoms with Gasteiger partial charge in [-0.3, -0.25) is 0 Å². The van der Waals surface area contributed by atoms with Gasteiger partial charge in [0.1, 0.15) is 31.0 Å². The van der Waals surface area contributed by atoms with Crippen LogP contribution >= 0.6 is 0 Å². The molecule has 17 atom stereocenters. The number of rotatable bonds is 8. The molecule has 6 rings (SSSR count). The molecule has 4 saturated carbocycles. The van der Waals surface area contributed by atoms with Crippen molar-refractivity contribution in [3.8, 4) is 0 Å². The molecule has 0 amide bonds. The van der Waals surface area contributed by atoms with Crippen LogP contribution in [0.1, 0.15) is 93.4 Å². The SMILES string of the molecule is CC=C(C)C(=O)OCC12C(O)CC3C(=CCC4C3(C)CCC3C(C)(CO)C(OCC5OC(C(=O)O)C(O)C(O)C5O)CCC34C)C1CC(C)(C)C(O)C2O. The summed E-state index contributed by atoms with van der Waals surface area (Å²) in [6.45, 7) is 13.3. The van der Waals surface area contributed by atoms with Crippen molar-refractivity contribution in [1.82, 2.24) is 0 Å². The zero-order valence-electron chi connectivity index (χ0n) is 32.9. The smallest absolute Gasteiger partial charge is 0.335 e. The summed E-state index contributed by atoms with van der Waals surface area (Å²) in [5.41, 5.74) is -1.51. The third-order valence-electron chi connectivity index (χ3n) is 16.1. The van der Waals surface area contributed by atoms with E-state index in [0.717, 1.165) is 25.7 Å². The monoisotopic (exact) mass is 764 g/mol. The lowest BCUT2D eigenvalue weighted by molar-refractivity contribution is -0.257. The van der Waals surface area contributed by atoms with Gasteiger partial charge in [0.2, 0.25) is 0 Å². The molecule has 306 valence electrons. The number of hydrogen-bond acceptors (Lipinski definition) is 12. The molecular weight excluding hydrogens is 700 g/mol. The van der Waals surface area contributed by atoms with Crippen LogP contribution in [-0.2, 0) is 23.8 Å². The van der Waals surface area contributed by atoms with Crippen molar-refractivity contribution in [3.05, 3.63) is 23.3 Å². The maximum Gasteiger partial charge on any atom is 0.335 e. The van der Waals surface area contributed by atoms with Gasteiger partial charge < -0.3 is 55.1 Å². The molecule has 1 heterocycles. The Labute approximate surface area is 318 Å². The quantitative estimate of drug-likeness (QED) is 0.101. The lowest BCUT2D eigenvalue weighted by Crippen LogP contribution is -2.70. The molecule has 54 heavy (non-hydrogen) atoms. The van der Waals surface area contributed by atoms with Crippen molar-refractivity contribution in [3.63, 3.8) is 0 Å². The summed E-state index contributed by atoms with van der Waals surface area (Å²) in [5, 5.41) is 87.2. The van der Waals surface area contributed by atoms with Gasteiger partial charge in [0.25, 0.3) is 0 Å². The molecule has 0 spiro atoms. The molecule has 5 fully saturated rings. The van der Waals surface area contributed by atoms with Crippen LogP contribution in [0.3, 0.4) is 0 Å². The summed E-state index contributed by atoms with van der Waals surface area (Å²) in [6, 6.07) is 0. The number of carbonyl (C=O) groups is 2. The van der Waals surface area contributed by atoms with E-state index >= 15 is 0 Å². The molecule has 17 unspecified atom stereocenters. The lowest BCUT2D eigenvalue weighted by Gasteiger charge is -2.69. The molecule has 5 aliphatic carbocycles. The van der Waals surface area contributed by atoms with Crippen molar-refractivity contribution in [2.24, 2.45) is 50.7 Å². The molecule has 13 heteroatoms. The van der Waals surface area contributed by atoms with Crippen LogP contribution in [0, 0.1) is 50.7 Å². The number of fused-ring (bicyclic) bond motifs is 7. The van der Waals surface area contributed by atoms with Crippen molar-refractivity contribution in [2.75, 3.05) is 19.8 Å². The largest absolute Gasteiger partial charge is 0.479 e. The van der Waals surface area contributed by atoms with Crippen LogP contribution in [0.2, 0.25) is 0 Å². The first-order valence-electron chi connectivity index (χ1n) is 19.8. The molecule has 0 aromatic carbocycles. The van der Waals surface area contributed by atoms with Gasteiger partial charge in [0.15, 0.2) is 6.10 Å². The van der Waals surface area contributed by atoms with E-state index in [0.29, 0.717) is 24.8 Å². The third kappa shape index (κ3) is 6.14. The number of ether oxygens (including phenoxy) is 3. The number of hydrogen-bond donors (Lipinski definition) is 8. The summed E-state index contributed by atoms with van der Waals surface area (Å²) in [7, 11) is 0. The number of carboxylic acids is 1. The number of carbonyl (C=O) groups excluding carboxylic acids is 1. The van der Waals surface area contributed by atoms with Crippen molar-refractivity contribution in [1.29, 1.82) is 0 Å². The van der Waals surface area contributed by atoms with E-state index in [2.05, 4.69) is 19.9 Å². The molecule has 1 saturated heterocycles. The van der Waals surface area contributed by atoms with E-state index in [1.54, 1.807) is 19.9 Å². The highest BCUT2D eigenvalue weighted by molar-refractivity contribution is 5.87. The first-order chi connectivity index (χ1) is 25.1. The minimum atomic E-state index is -1.79. The second-order valence-electron chi connectivity index (χ2n) is 19.1. The summed E-state index contributed by atoms with van der Waals surface area (Å²) in [5.74, 6) is -2.10. The maximum absolute atomic E-state index is 12.9. The van der Waals surface area contributed by atoms with Crippen LogP contribution in [0.25, 0.3) is 0 Å². The predicted molar refractivity (Wildman–Crippen MR) is 194 cm³/mol. The zero-order chi connectivity index (χ0) is 39.9. The van der Waals surface area contributed by atoms with E-state index in [4.69, 9.17) is 14.2 Å². The molecule has 0 radical (unpaired) electrons. The highest BCUT2D eigenvalue weighted by atomic mass is 16.6. The van der Waals surface area contributed by atoms with Crippen molar-refractivity contribution in [2.45, 2.75) is 148 Å². The number of aliphatic hydroxyl groups is 7. The summed E-state index contributed by atoms with van der Waals surface area (Å²) in [4.78, 5) is 24.6. The second kappa shape index (κ2) is 14.5. The number of carboxylic acid groups (broad SMARTS) is 1. The van der Waals surface area contributed by atoms with Crippen molar-refractivity contribution < 1.29 is 64.7 Å². The minimum absolute atomic E-state index is 0.0170. The summed E-state index contributed by atoms with van der Waals surface area (Å²) in [6.07, 6.45) is -3.40. The van der Waals surface area contributed by atoms with Gasteiger partial charge in [-0.2, -0.15) is 0 Å². The molecule has 1 aliphatic heterocycles. The van der Waals surface area contributed by atoms with Crippen LogP contribution in [0.4, 0.5) is 0 Å². The molecular formula is C41H64O13. The lowest BCUT2D eigenvalue weighted by atomic mass is 9.36. The van der Waals surface area contributed by atoms with Crippen molar-refractivity contribution >= 4 is 11.9 Å². The summed E-state index contributed by atoms with van der Waals surface area (Å²) >= 11 is 0. The van der Waals surface area contributed by atoms with Crippen LogP contribution < -0.4 is 0 Å². The number of aliphatic hydroxyl groups excluding tert-OH is 7. The van der Waals surface area contributed by atoms with E-state index < -0.39 is 83.1 Å². The highest BCUT2D eigenvalue weighted by Crippen LogP contribution is 2.72. The van der Waals surface area contributed by atoms with Gasteiger partial charge in [-0.1, -0.05) is 52.3 Å². The average molecular weight is 765 g/mol. The van der Waals surface area contributed by atoms with Crippen LogP contribution in [0.15, 0.2) is 23.3 Å². The fraction of sp³-hybridized carbons (Fsp3) is 0.854. The van der Waals surface area contributed by atoms with E-state index in [9.17, 15) is 50.4 Å². The van der Waals surface area contributed by atoms with E-state index in [-0.39, 0.29) is 54.3 Å². The Hall–Kier alpha value is -1.94. The maximum atomic E-state index is 12.9. The Morgan fingerprint density at radius 3 is 2.20 bits per heavy atom. The molecule has 0 aromatic heterocycles. The van der Waals surface area contributed by atoms with E-state index in [1.165, 1.54) is 5.57 Å². The van der Waals surface area contributed by atoms with Gasteiger partial charge in [-0.15, -0.1) is 0 Å². The Balaban J connectivity index is 1.28. The Bertz CT molecular complexity index is 1510. The van der Waals surface area contributed by atoms with Crippen LogP contribution in [0.5, 0.6) is 0 Å². The normalized spacial score (nSPS) is 50.1.